The van der Waals surface area contributed by atoms with E-state index in [4.69, 9.17) is 16.3 Å². The van der Waals surface area contributed by atoms with Crippen LogP contribution >= 0.6 is 22.9 Å². The molecule has 1 aromatic carbocycles. The largest absolute Gasteiger partial charge is 0.443 e. The summed E-state index contributed by atoms with van der Waals surface area (Å²) in [5.74, 6) is 0.692. The summed E-state index contributed by atoms with van der Waals surface area (Å²) in [7, 11) is 0. The molecule has 0 saturated carbocycles. The van der Waals surface area contributed by atoms with Gasteiger partial charge in [-0.05, 0) is 24.3 Å². The van der Waals surface area contributed by atoms with Crippen molar-refractivity contribution in [2.24, 2.45) is 0 Å². The smallest absolute Gasteiger partial charge is 0.182 e. The molecule has 0 fully saturated rings. The SMILES string of the molecule is Clc1ccc(Oc2cnn(-c3ccccc3)c2)s1. The van der Waals surface area contributed by atoms with Crippen molar-refractivity contribution in [3.63, 3.8) is 0 Å². The lowest BCUT2D eigenvalue weighted by Crippen LogP contribution is -1.92. The lowest BCUT2D eigenvalue weighted by Gasteiger charge is -1.99. The van der Waals surface area contributed by atoms with E-state index >= 15 is 0 Å². The molecule has 0 aliphatic heterocycles. The van der Waals surface area contributed by atoms with E-state index in [1.165, 1.54) is 11.3 Å². The Morgan fingerprint density at radius 2 is 1.94 bits per heavy atom. The molecule has 3 nitrogen and oxygen atoms in total. The van der Waals surface area contributed by atoms with Gasteiger partial charge in [0.05, 0.1) is 22.4 Å². The monoisotopic (exact) mass is 276 g/mol. The second kappa shape index (κ2) is 4.84. The molecule has 0 bridgehead atoms. The number of thiophene rings is 1. The summed E-state index contributed by atoms with van der Waals surface area (Å²) in [5, 5.41) is 5.01. The third kappa shape index (κ3) is 2.39. The van der Waals surface area contributed by atoms with Crippen LogP contribution in [0.1, 0.15) is 0 Å². The lowest BCUT2D eigenvalue weighted by atomic mass is 10.3. The van der Waals surface area contributed by atoms with Gasteiger partial charge in [-0.15, -0.1) is 0 Å². The van der Waals surface area contributed by atoms with Gasteiger partial charge in [0, 0.05) is 0 Å². The van der Waals surface area contributed by atoms with Crippen molar-refractivity contribution in [3.8, 4) is 16.5 Å². The normalized spacial score (nSPS) is 10.5. The quantitative estimate of drug-likeness (QED) is 0.710. The third-order valence-electron chi connectivity index (χ3n) is 2.35. The molecule has 3 aromatic rings. The van der Waals surface area contributed by atoms with E-state index in [2.05, 4.69) is 5.10 Å². The van der Waals surface area contributed by atoms with Gasteiger partial charge in [0.1, 0.15) is 0 Å². The third-order valence-corrected chi connectivity index (χ3v) is 3.46. The number of hydrogen-bond donors (Lipinski definition) is 0. The molecule has 0 spiro atoms. The van der Waals surface area contributed by atoms with Gasteiger partial charge in [0.15, 0.2) is 10.8 Å². The fourth-order valence-electron chi connectivity index (χ4n) is 1.55. The highest BCUT2D eigenvalue weighted by molar-refractivity contribution is 7.17. The van der Waals surface area contributed by atoms with Gasteiger partial charge in [0.2, 0.25) is 0 Å². The van der Waals surface area contributed by atoms with Crippen molar-refractivity contribution in [1.29, 1.82) is 0 Å². The second-order valence-electron chi connectivity index (χ2n) is 3.62. The van der Waals surface area contributed by atoms with Gasteiger partial charge >= 0.3 is 0 Å². The maximum Gasteiger partial charge on any atom is 0.182 e. The Bertz CT molecular complexity index is 648. The number of rotatable bonds is 3. The number of halogens is 1. The average molecular weight is 277 g/mol. The van der Waals surface area contributed by atoms with Crippen molar-refractivity contribution < 1.29 is 4.74 Å². The molecule has 2 aromatic heterocycles. The molecule has 0 aliphatic carbocycles. The molecular formula is C13H9ClN2OS. The molecule has 3 rings (SSSR count). The standard InChI is InChI=1S/C13H9ClN2OS/c14-12-6-7-13(18-12)17-11-8-15-16(9-11)10-4-2-1-3-5-10/h1-9H. The topological polar surface area (TPSA) is 27.1 Å². The van der Waals surface area contributed by atoms with Crippen LogP contribution in [0.3, 0.4) is 0 Å². The summed E-state index contributed by atoms with van der Waals surface area (Å²) in [5.41, 5.74) is 0.997. The molecule has 2 heterocycles. The van der Waals surface area contributed by atoms with E-state index in [-0.39, 0.29) is 0 Å². The minimum Gasteiger partial charge on any atom is -0.443 e. The molecule has 5 heteroatoms. The summed E-state index contributed by atoms with van der Waals surface area (Å²) in [6.07, 6.45) is 3.52. The van der Waals surface area contributed by atoms with Crippen LogP contribution in [0.25, 0.3) is 5.69 Å². The van der Waals surface area contributed by atoms with Crippen LogP contribution in [0.2, 0.25) is 4.34 Å². The van der Waals surface area contributed by atoms with Crippen LogP contribution in [0.5, 0.6) is 10.8 Å². The summed E-state index contributed by atoms with van der Waals surface area (Å²) in [6.45, 7) is 0. The number of benzene rings is 1. The van der Waals surface area contributed by atoms with Crippen LogP contribution in [0.15, 0.2) is 54.9 Å². The van der Waals surface area contributed by atoms with Crippen molar-refractivity contribution in [2.75, 3.05) is 0 Å². The number of hydrogen-bond acceptors (Lipinski definition) is 3. The molecule has 90 valence electrons. The first kappa shape index (κ1) is 11.3. The minimum atomic E-state index is 0.692. The predicted molar refractivity (Wildman–Crippen MR) is 73.0 cm³/mol. The number of aromatic nitrogens is 2. The zero-order valence-corrected chi connectivity index (χ0v) is 10.9. The summed E-state index contributed by atoms with van der Waals surface area (Å²) in [6, 6.07) is 13.5. The molecule has 0 unspecified atom stereocenters. The highest BCUT2D eigenvalue weighted by Crippen LogP contribution is 2.32. The first-order chi connectivity index (χ1) is 8.81. The van der Waals surface area contributed by atoms with Crippen LogP contribution in [-0.4, -0.2) is 9.78 Å². The van der Waals surface area contributed by atoms with Gasteiger partial charge in [-0.1, -0.05) is 41.1 Å². The summed E-state index contributed by atoms with van der Waals surface area (Å²) >= 11 is 7.24. The molecule has 0 amide bonds. The van der Waals surface area contributed by atoms with E-state index in [1.54, 1.807) is 10.9 Å². The van der Waals surface area contributed by atoms with E-state index in [0.29, 0.717) is 10.1 Å². The Morgan fingerprint density at radius 3 is 2.67 bits per heavy atom. The highest BCUT2D eigenvalue weighted by Gasteiger charge is 2.04. The van der Waals surface area contributed by atoms with E-state index < -0.39 is 0 Å². The molecule has 18 heavy (non-hydrogen) atoms. The fourth-order valence-corrected chi connectivity index (χ4v) is 2.44. The zero-order chi connectivity index (χ0) is 12.4. The first-order valence-electron chi connectivity index (χ1n) is 5.34. The lowest BCUT2D eigenvalue weighted by molar-refractivity contribution is 0.496. The first-order valence-corrected chi connectivity index (χ1v) is 6.54. The van der Waals surface area contributed by atoms with Crippen LogP contribution in [0, 0.1) is 0 Å². The highest BCUT2D eigenvalue weighted by atomic mass is 35.5. The second-order valence-corrected chi connectivity index (χ2v) is 5.29. The summed E-state index contributed by atoms with van der Waals surface area (Å²) in [4.78, 5) is 0. The molecule has 0 atom stereocenters. The molecule has 0 radical (unpaired) electrons. The molecule has 0 saturated heterocycles. The molecular weight excluding hydrogens is 268 g/mol. The van der Waals surface area contributed by atoms with Crippen LogP contribution < -0.4 is 4.74 Å². The van der Waals surface area contributed by atoms with Gasteiger partial charge in [-0.25, -0.2) is 4.68 Å². The summed E-state index contributed by atoms with van der Waals surface area (Å²) < 4.78 is 8.13. The van der Waals surface area contributed by atoms with Gasteiger partial charge in [-0.2, -0.15) is 5.10 Å². The van der Waals surface area contributed by atoms with Crippen molar-refractivity contribution >= 4 is 22.9 Å². The maximum absolute atomic E-state index is 5.85. The van der Waals surface area contributed by atoms with Gasteiger partial charge < -0.3 is 4.74 Å². The Hall–Kier alpha value is -1.78. The van der Waals surface area contributed by atoms with Crippen molar-refractivity contribution in [3.05, 3.63) is 59.2 Å². The van der Waals surface area contributed by atoms with Gasteiger partial charge in [0.25, 0.3) is 0 Å². The number of ether oxygens (including phenoxy) is 1. The number of para-hydroxylation sites is 1. The molecule has 0 N–H and O–H groups in total. The maximum atomic E-state index is 5.85. The zero-order valence-electron chi connectivity index (χ0n) is 9.29. The minimum absolute atomic E-state index is 0.692. The van der Waals surface area contributed by atoms with Crippen molar-refractivity contribution in [2.45, 2.75) is 0 Å². The predicted octanol–water partition coefficient (Wildman–Crippen LogP) is 4.38. The Labute approximate surface area is 113 Å². The Kier molecular flexibility index (Phi) is 3.04. The van der Waals surface area contributed by atoms with E-state index in [9.17, 15) is 0 Å². The fraction of sp³-hybridized carbons (Fsp3) is 0. The number of nitrogens with zero attached hydrogens (tertiary/aromatic N) is 2. The van der Waals surface area contributed by atoms with Gasteiger partial charge in [-0.3, -0.25) is 0 Å². The Balaban J connectivity index is 1.82. The average Bonchev–Trinajstić information content (AvgIpc) is 3.01. The van der Waals surface area contributed by atoms with E-state index in [1.807, 2.05) is 48.7 Å². The molecule has 0 aliphatic rings. The van der Waals surface area contributed by atoms with E-state index in [0.717, 1.165) is 10.8 Å². The van der Waals surface area contributed by atoms with Crippen LogP contribution in [0.4, 0.5) is 0 Å². The van der Waals surface area contributed by atoms with Crippen LogP contribution in [-0.2, 0) is 0 Å². The Morgan fingerprint density at radius 1 is 1.11 bits per heavy atom. The van der Waals surface area contributed by atoms with Crippen molar-refractivity contribution in [1.82, 2.24) is 9.78 Å².